The predicted octanol–water partition coefficient (Wildman–Crippen LogP) is 12.4. The molecule has 6 rings (SSSR count). The lowest BCUT2D eigenvalue weighted by atomic mass is 10.0. The van der Waals surface area contributed by atoms with E-state index in [-0.39, 0.29) is 11.4 Å². The number of methoxy groups -OCH3 is 4. The molecule has 0 aromatic heterocycles. The Morgan fingerprint density at radius 2 is 0.759 bits per heavy atom. The number of benzene rings is 6. The van der Waals surface area contributed by atoms with Gasteiger partial charge in [0.25, 0.3) is 0 Å². The summed E-state index contributed by atoms with van der Waals surface area (Å²) in [6, 6.07) is 34.3. The van der Waals surface area contributed by atoms with Crippen molar-refractivity contribution >= 4 is 34.1 Å². The van der Waals surface area contributed by atoms with Crippen LogP contribution < -0.4 is 28.7 Å². The number of rotatable bonds is 11. The number of halogens is 6. The van der Waals surface area contributed by atoms with Gasteiger partial charge in [0.15, 0.2) is 0 Å². The van der Waals surface area contributed by atoms with Crippen molar-refractivity contribution in [3.63, 3.8) is 0 Å². The van der Waals surface area contributed by atoms with E-state index >= 15 is 0 Å². The first-order chi connectivity index (χ1) is 25.8. The molecule has 0 aliphatic carbocycles. The SMILES string of the molecule is COc1ccc(N(c2cccc(C(F)(F)F)c2)c2ccc(-c3ccc(N(c4ccc(OC)cc4)c4cccc(C(F)(F)F)c4)c(OC)c3)cc2OC)cc1. The van der Waals surface area contributed by atoms with Crippen LogP contribution in [0.15, 0.2) is 133 Å². The average Bonchev–Trinajstić information content (AvgIpc) is 3.18. The van der Waals surface area contributed by atoms with Gasteiger partial charge in [0.05, 0.1) is 50.9 Å². The highest BCUT2D eigenvalue weighted by Gasteiger charge is 2.32. The van der Waals surface area contributed by atoms with Crippen LogP contribution in [0, 0.1) is 0 Å². The van der Waals surface area contributed by atoms with Crippen LogP contribution in [0.4, 0.5) is 60.5 Å². The fourth-order valence-electron chi connectivity index (χ4n) is 6.04. The monoisotopic (exact) mass is 744 g/mol. The minimum absolute atomic E-state index is 0.250. The van der Waals surface area contributed by atoms with Crippen LogP contribution in [-0.4, -0.2) is 28.4 Å². The topological polar surface area (TPSA) is 43.4 Å². The van der Waals surface area contributed by atoms with Gasteiger partial charge < -0.3 is 28.7 Å². The second-order valence-corrected chi connectivity index (χ2v) is 11.9. The molecule has 0 spiro atoms. The second-order valence-electron chi connectivity index (χ2n) is 11.9. The largest absolute Gasteiger partial charge is 0.497 e. The summed E-state index contributed by atoms with van der Waals surface area (Å²) in [5, 5.41) is 0. The Balaban J connectivity index is 1.45. The molecule has 12 heteroatoms. The first kappa shape index (κ1) is 37.5. The summed E-state index contributed by atoms with van der Waals surface area (Å²) >= 11 is 0. The van der Waals surface area contributed by atoms with Crippen molar-refractivity contribution in [1.82, 2.24) is 0 Å². The molecule has 278 valence electrons. The molecular weight excluding hydrogens is 710 g/mol. The summed E-state index contributed by atoms with van der Waals surface area (Å²) in [5.74, 6) is 1.85. The molecule has 0 unspecified atom stereocenters. The number of anilines is 6. The fraction of sp³-hybridized carbons (Fsp3) is 0.143. The van der Waals surface area contributed by atoms with Crippen LogP contribution in [0.1, 0.15) is 11.1 Å². The van der Waals surface area contributed by atoms with Crippen LogP contribution in [0.5, 0.6) is 23.0 Å². The Morgan fingerprint density at radius 3 is 1.07 bits per heavy atom. The summed E-state index contributed by atoms with van der Waals surface area (Å²) in [5.41, 5.74) is 2.27. The van der Waals surface area contributed by atoms with Crippen molar-refractivity contribution in [3.05, 3.63) is 145 Å². The molecule has 0 radical (unpaired) electrons. The van der Waals surface area contributed by atoms with Gasteiger partial charge >= 0.3 is 12.4 Å². The molecular formula is C42H34F6N2O4. The zero-order valence-electron chi connectivity index (χ0n) is 29.5. The molecule has 0 saturated heterocycles. The smallest absolute Gasteiger partial charge is 0.416 e. The maximum absolute atomic E-state index is 13.8. The molecule has 0 saturated carbocycles. The van der Waals surface area contributed by atoms with Crippen molar-refractivity contribution < 1.29 is 45.3 Å². The Morgan fingerprint density at radius 1 is 0.389 bits per heavy atom. The Bertz CT molecular complexity index is 2060. The highest BCUT2D eigenvalue weighted by atomic mass is 19.4. The number of hydrogen-bond acceptors (Lipinski definition) is 6. The number of nitrogens with zero attached hydrogens (tertiary/aromatic N) is 2. The summed E-state index contributed by atoms with van der Waals surface area (Å²) in [4.78, 5) is 3.31. The van der Waals surface area contributed by atoms with E-state index in [1.54, 1.807) is 107 Å². The van der Waals surface area contributed by atoms with E-state index in [1.165, 1.54) is 40.6 Å². The van der Waals surface area contributed by atoms with Gasteiger partial charge in [-0.05, 0) is 120 Å². The van der Waals surface area contributed by atoms with Crippen LogP contribution in [-0.2, 0) is 12.4 Å². The zero-order valence-corrected chi connectivity index (χ0v) is 29.5. The van der Waals surface area contributed by atoms with E-state index in [0.717, 1.165) is 24.3 Å². The normalized spacial score (nSPS) is 11.5. The third-order valence-corrected chi connectivity index (χ3v) is 8.70. The first-order valence-corrected chi connectivity index (χ1v) is 16.4. The molecule has 6 aromatic rings. The molecule has 6 aromatic carbocycles. The molecule has 0 amide bonds. The van der Waals surface area contributed by atoms with Gasteiger partial charge in [-0.15, -0.1) is 0 Å². The molecule has 54 heavy (non-hydrogen) atoms. The van der Waals surface area contributed by atoms with E-state index < -0.39 is 23.5 Å². The lowest BCUT2D eigenvalue weighted by molar-refractivity contribution is -0.138. The van der Waals surface area contributed by atoms with Gasteiger partial charge in [0.1, 0.15) is 23.0 Å². The molecule has 6 nitrogen and oxygen atoms in total. The maximum atomic E-state index is 13.8. The van der Waals surface area contributed by atoms with Crippen LogP contribution in [0.25, 0.3) is 11.1 Å². The molecule has 0 N–H and O–H groups in total. The van der Waals surface area contributed by atoms with Crippen molar-refractivity contribution in [1.29, 1.82) is 0 Å². The molecule has 0 fully saturated rings. The van der Waals surface area contributed by atoms with E-state index in [4.69, 9.17) is 18.9 Å². The van der Waals surface area contributed by atoms with Crippen molar-refractivity contribution in [2.24, 2.45) is 0 Å². The summed E-state index contributed by atoms with van der Waals surface area (Å²) in [6.07, 6.45) is -9.13. The van der Waals surface area contributed by atoms with Gasteiger partial charge in [0.2, 0.25) is 0 Å². The van der Waals surface area contributed by atoms with E-state index in [2.05, 4.69) is 0 Å². The number of hydrogen-bond donors (Lipinski definition) is 0. The Kier molecular flexibility index (Phi) is 10.7. The third-order valence-electron chi connectivity index (χ3n) is 8.70. The van der Waals surface area contributed by atoms with Crippen LogP contribution >= 0.6 is 0 Å². The van der Waals surface area contributed by atoms with Crippen molar-refractivity contribution in [2.75, 3.05) is 38.2 Å². The van der Waals surface area contributed by atoms with Crippen LogP contribution in [0.2, 0.25) is 0 Å². The van der Waals surface area contributed by atoms with Gasteiger partial charge in [-0.25, -0.2) is 0 Å². The van der Waals surface area contributed by atoms with Gasteiger partial charge in [0, 0.05) is 22.7 Å². The van der Waals surface area contributed by atoms with Gasteiger partial charge in [-0.1, -0.05) is 24.3 Å². The standard InChI is InChI=1S/C42H34F6N2O4/c1-51-35-17-13-31(14-18-35)49(33-9-5-7-29(25-33)41(43,44)45)37-21-11-27(23-39(37)53-3)28-12-22-38(40(24-28)54-4)50(32-15-19-36(52-2)20-16-32)34-10-6-8-30(26-34)42(46,47)48/h5-26H,1-4H3. The van der Waals surface area contributed by atoms with Crippen molar-refractivity contribution in [2.45, 2.75) is 12.4 Å². The van der Waals surface area contributed by atoms with E-state index in [9.17, 15) is 26.3 Å². The van der Waals surface area contributed by atoms with Gasteiger partial charge in [-0.3, -0.25) is 0 Å². The fourth-order valence-corrected chi connectivity index (χ4v) is 6.04. The first-order valence-electron chi connectivity index (χ1n) is 16.4. The summed E-state index contributed by atoms with van der Waals surface area (Å²) < 4.78 is 105. The Labute approximate surface area is 308 Å². The molecule has 0 aliphatic rings. The predicted molar refractivity (Wildman–Crippen MR) is 197 cm³/mol. The van der Waals surface area contributed by atoms with E-state index in [0.29, 0.717) is 56.9 Å². The highest BCUT2D eigenvalue weighted by molar-refractivity contribution is 5.86. The minimum Gasteiger partial charge on any atom is -0.497 e. The molecule has 0 heterocycles. The second kappa shape index (κ2) is 15.4. The van der Waals surface area contributed by atoms with Crippen molar-refractivity contribution in [3.8, 4) is 34.1 Å². The third kappa shape index (κ3) is 7.87. The van der Waals surface area contributed by atoms with Gasteiger partial charge in [-0.2, -0.15) is 26.3 Å². The highest BCUT2D eigenvalue weighted by Crippen LogP contribution is 2.46. The summed E-state index contributed by atoms with van der Waals surface area (Å²) in [6.45, 7) is 0. The lowest BCUT2D eigenvalue weighted by Gasteiger charge is -2.29. The zero-order chi connectivity index (χ0) is 38.6. The Hall–Kier alpha value is -6.30. The molecule has 0 aliphatic heterocycles. The number of ether oxygens (including phenoxy) is 4. The lowest BCUT2D eigenvalue weighted by Crippen LogP contribution is -2.13. The van der Waals surface area contributed by atoms with Crippen LogP contribution in [0.3, 0.4) is 0 Å². The minimum atomic E-state index is -4.56. The maximum Gasteiger partial charge on any atom is 0.416 e. The quantitative estimate of drug-likeness (QED) is 0.123. The molecule has 0 atom stereocenters. The number of alkyl halides is 6. The van der Waals surface area contributed by atoms with E-state index in [1.807, 2.05) is 0 Å². The summed E-state index contributed by atoms with van der Waals surface area (Å²) in [7, 11) is 5.97. The average molecular weight is 745 g/mol. The molecule has 0 bridgehead atoms.